The van der Waals surface area contributed by atoms with E-state index in [9.17, 15) is 14.9 Å². The summed E-state index contributed by atoms with van der Waals surface area (Å²) in [4.78, 5) is 21.5. The number of nitrogens with zero attached hydrogens (tertiary/aromatic N) is 3. The number of carbonyl (C=O) groups excluding carboxylic acids is 1. The molecule has 0 spiro atoms. The summed E-state index contributed by atoms with van der Waals surface area (Å²) in [6, 6.07) is 1.34. The van der Waals surface area contributed by atoms with Crippen molar-refractivity contribution in [3.63, 3.8) is 0 Å². The Morgan fingerprint density at radius 2 is 2.31 bits per heavy atom. The van der Waals surface area contributed by atoms with E-state index in [1.807, 2.05) is 13.8 Å². The average Bonchev–Trinajstić information content (AvgIpc) is 2.44. The fourth-order valence-electron chi connectivity index (χ4n) is 1.30. The van der Waals surface area contributed by atoms with E-state index in [-0.39, 0.29) is 24.3 Å². The summed E-state index contributed by atoms with van der Waals surface area (Å²) in [6.07, 6.45) is 0. The second-order valence-corrected chi connectivity index (χ2v) is 3.78. The van der Waals surface area contributed by atoms with Crippen LogP contribution in [-0.4, -0.2) is 26.7 Å². The van der Waals surface area contributed by atoms with Crippen LogP contribution in [0.2, 0.25) is 0 Å². The van der Waals surface area contributed by atoms with E-state index in [1.165, 1.54) is 6.07 Å². The van der Waals surface area contributed by atoms with Gasteiger partial charge in [0, 0.05) is 6.04 Å². The number of hydrogen-bond acceptors (Lipinski definition) is 4. The van der Waals surface area contributed by atoms with Gasteiger partial charge in [0.15, 0.2) is 6.54 Å². The first-order valence-corrected chi connectivity index (χ1v) is 4.88. The Morgan fingerprint density at radius 3 is 2.81 bits per heavy atom. The molecule has 1 aromatic rings. The highest BCUT2D eigenvalue weighted by Gasteiger charge is 2.19. The van der Waals surface area contributed by atoms with Crippen LogP contribution in [0.4, 0.5) is 5.82 Å². The first kappa shape index (κ1) is 12.2. The maximum Gasteiger partial charge on any atom is 0.345 e. The third-order valence-electron chi connectivity index (χ3n) is 1.81. The summed E-state index contributed by atoms with van der Waals surface area (Å²) in [5.41, 5.74) is 0.518. The molecule has 16 heavy (non-hydrogen) atoms. The molecular weight excluding hydrogens is 212 g/mol. The summed E-state index contributed by atoms with van der Waals surface area (Å²) in [5, 5.41) is 17.2. The van der Waals surface area contributed by atoms with Crippen molar-refractivity contribution >= 4 is 11.7 Å². The molecule has 1 amide bonds. The number of nitro groups is 1. The zero-order valence-electron chi connectivity index (χ0n) is 9.43. The van der Waals surface area contributed by atoms with Crippen molar-refractivity contribution in [3.05, 3.63) is 21.9 Å². The highest BCUT2D eigenvalue weighted by atomic mass is 16.6. The van der Waals surface area contributed by atoms with Gasteiger partial charge in [-0.05, 0) is 25.7 Å². The van der Waals surface area contributed by atoms with E-state index < -0.39 is 4.92 Å². The predicted molar refractivity (Wildman–Crippen MR) is 56.9 cm³/mol. The van der Waals surface area contributed by atoms with Crippen LogP contribution in [0.5, 0.6) is 0 Å². The van der Waals surface area contributed by atoms with Gasteiger partial charge < -0.3 is 15.4 Å². The molecule has 0 saturated carbocycles. The topological polar surface area (TPSA) is 90.1 Å². The SMILES string of the molecule is Cc1cc([N+](=O)[O-])n(CC(=O)NC(C)C)n1. The van der Waals surface area contributed by atoms with E-state index >= 15 is 0 Å². The van der Waals surface area contributed by atoms with E-state index in [4.69, 9.17) is 0 Å². The molecule has 7 heteroatoms. The molecule has 0 aliphatic rings. The molecule has 0 saturated heterocycles. The fourth-order valence-corrected chi connectivity index (χ4v) is 1.30. The molecule has 0 fully saturated rings. The predicted octanol–water partition coefficient (Wildman–Crippen LogP) is 0.624. The maximum absolute atomic E-state index is 11.4. The van der Waals surface area contributed by atoms with Crippen LogP contribution in [-0.2, 0) is 11.3 Å². The molecule has 1 aromatic heterocycles. The molecule has 0 bridgehead atoms. The van der Waals surface area contributed by atoms with Crippen molar-refractivity contribution in [3.8, 4) is 0 Å². The van der Waals surface area contributed by atoms with Crippen LogP contribution in [0.1, 0.15) is 19.5 Å². The summed E-state index contributed by atoms with van der Waals surface area (Å²) in [6.45, 7) is 5.15. The lowest BCUT2D eigenvalue weighted by molar-refractivity contribution is -0.392. The number of aryl methyl sites for hydroxylation is 1. The minimum atomic E-state index is -0.553. The number of carbonyl (C=O) groups is 1. The highest BCUT2D eigenvalue weighted by Crippen LogP contribution is 2.12. The zero-order valence-corrected chi connectivity index (χ0v) is 9.43. The molecule has 0 aliphatic heterocycles. The van der Waals surface area contributed by atoms with Gasteiger partial charge in [0.05, 0.1) is 11.8 Å². The minimum Gasteiger partial charge on any atom is -0.358 e. The molecule has 1 N–H and O–H groups in total. The lowest BCUT2D eigenvalue weighted by atomic mass is 10.4. The second kappa shape index (κ2) is 4.73. The third kappa shape index (κ3) is 3.04. The highest BCUT2D eigenvalue weighted by molar-refractivity contribution is 5.76. The van der Waals surface area contributed by atoms with E-state index in [2.05, 4.69) is 10.4 Å². The average molecular weight is 226 g/mol. The molecule has 0 unspecified atom stereocenters. The monoisotopic (exact) mass is 226 g/mol. The maximum atomic E-state index is 11.4. The van der Waals surface area contributed by atoms with Gasteiger partial charge in [0.25, 0.3) is 5.91 Å². The van der Waals surface area contributed by atoms with Gasteiger partial charge in [0.2, 0.25) is 0 Å². The van der Waals surface area contributed by atoms with Gasteiger partial charge in [-0.25, -0.2) is 0 Å². The Bertz CT molecular complexity index is 411. The molecular formula is C9H14N4O3. The Morgan fingerprint density at radius 1 is 1.69 bits per heavy atom. The molecule has 1 heterocycles. The lowest BCUT2D eigenvalue weighted by Gasteiger charge is -2.06. The molecule has 0 aromatic carbocycles. The largest absolute Gasteiger partial charge is 0.358 e. The van der Waals surface area contributed by atoms with Crippen LogP contribution in [0.3, 0.4) is 0 Å². The number of nitrogens with one attached hydrogen (secondary N) is 1. The first-order chi connectivity index (χ1) is 7.40. The Hall–Kier alpha value is -1.92. The van der Waals surface area contributed by atoms with Crippen LogP contribution in [0.25, 0.3) is 0 Å². The quantitative estimate of drug-likeness (QED) is 0.602. The zero-order chi connectivity index (χ0) is 12.3. The molecule has 0 radical (unpaired) electrons. The van der Waals surface area contributed by atoms with Crippen LogP contribution >= 0.6 is 0 Å². The normalized spacial score (nSPS) is 10.5. The van der Waals surface area contributed by atoms with Crippen molar-refractivity contribution in [2.24, 2.45) is 0 Å². The standard InChI is InChI=1S/C9H14N4O3/c1-6(2)10-8(14)5-12-9(13(15)16)4-7(3)11-12/h4,6H,5H2,1-3H3,(H,10,14). The molecule has 1 rings (SSSR count). The van der Waals surface area contributed by atoms with Crippen LogP contribution in [0, 0.1) is 17.0 Å². The van der Waals surface area contributed by atoms with E-state index in [1.54, 1.807) is 6.92 Å². The van der Waals surface area contributed by atoms with Gasteiger partial charge in [0.1, 0.15) is 0 Å². The molecule has 88 valence electrons. The minimum absolute atomic E-state index is 0.00298. The van der Waals surface area contributed by atoms with Crippen LogP contribution in [0.15, 0.2) is 6.07 Å². The van der Waals surface area contributed by atoms with Crippen molar-refractivity contribution in [2.45, 2.75) is 33.4 Å². The number of amides is 1. The summed E-state index contributed by atoms with van der Waals surface area (Å²) in [7, 11) is 0. The van der Waals surface area contributed by atoms with E-state index in [0.717, 1.165) is 4.68 Å². The smallest absolute Gasteiger partial charge is 0.345 e. The van der Waals surface area contributed by atoms with Crippen molar-refractivity contribution < 1.29 is 9.72 Å². The number of hydrogen-bond donors (Lipinski definition) is 1. The molecule has 7 nitrogen and oxygen atoms in total. The van der Waals surface area contributed by atoms with E-state index in [0.29, 0.717) is 5.69 Å². The van der Waals surface area contributed by atoms with Gasteiger partial charge in [-0.2, -0.15) is 0 Å². The van der Waals surface area contributed by atoms with Gasteiger partial charge in [-0.1, -0.05) is 5.10 Å². The summed E-state index contributed by atoms with van der Waals surface area (Å²) < 4.78 is 1.09. The summed E-state index contributed by atoms with van der Waals surface area (Å²) in [5.74, 6) is -0.461. The fraction of sp³-hybridized carbons (Fsp3) is 0.556. The van der Waals surface area contributed by atoms with Crippen LogP contribution < -0.4 is 5.32 Å². The summed E-state index contributed by atoms with van der Waals surface area (Å²) >= 11 is 0. The number of rotatable bonds is 4. The molecule has 0 atom stereocenters. The third-order valence-corrected chi connectivity index (χ3v) is 1.81. The van der Waals surface area contributed by atoms with Crippen molar-refractivity contribution in [1.29, 1.82) is 0 Å². The Kier molecular flexibility index (Phi) is 3.60. The number of aromatic nitrogens is 2. The first-order valence-electron chi connectivity index (χ1n) is 4.88. The van der Waals surface area contributed by atoms with Gasteiger partial charge in [-0.15, -0.1) is 4.68 Å². The Labute approximate surface area is 92.6 Å². The molecule has 0 aliphatic carbocycles. The lowest BCUT2D eigenvalue weighted by Crippen LogP contribution is -2.33. The van der Waals surface area contributed by atoms with Crippen molar-refractivity contribution in [1.82, 2.24) is 15.1 Å². The Balaban J connectivity index is 2.80. The van der Waals surface area contributed by atoms with Crippen molar-refractivity contribution in [2.75, 3.05) is 0 Å². The second-order valence-electron chi connectivity index (χ2n) is 3.78. The van der Waals surface area contributed by atoms with Gasteiger partial charge >= 0.3 is 5.82 Å². The van der Waals surface area contributed by atoms with Gasteiger partial charge in [-0.3, -0.25) is 4.79 Å².